The fourth-order valence-corrected chi connectivity index (χ4v) is 2.86. The van der Waals surface area contributed by atoms with Crippen LogP contribution in [0.25, 0.3) is 0 Å². The predicted octanol–water partition coefficient (Wildman–Crippen LogP) is 2.58. The number of hydrogen-bond donors (Lipinski definition) is 1. The van der Waals surface area contributed by atoms with Crippen molar-refractivity contribution in [2.24, 2.45) is 0 Å². The van der Waals surface area contributed by atoms with Crippen molar-refractivity contribution in [3.63, 3.8) is 0 Å². The maximum atomic E-state index is 9.14. The van der Waals surface area contributed by atoms with E-state index >= 15 is 0 Å². The van der Waals surface area contributed by atoms with E-state index < -0.39 is 0 Å². The molecule has 1 aliphatic rings. The van der Waals surface area contributed by atoms with Crippen molar-refractivity contribution < 1.29 is 9.52 Å². The molecule has 0 bridgehead atoms. The van der Waals surface area contributed by atoms with E-state index in [0.29, 0.717) is 12.1 Å². The molecule has 4 heteroatoms. The number of likely N-dealkylation sites (tertiary alicyclic amines) is 1. The topological polar surface area (TPSA) is 49.5 Å². The normalized spacial score (nSPS) is 22.9. The molecule has 1 saturated heterocycles. The first-order chi connectivity index (χ1) is 9.11. The monoisotopic (exact) mass is 266 g/mol. The van der Waals surface area contributed by atoms with Gasteiger partial charge in [-0.15, -0.1) is 0 Å². The van der Waals surface area contributed by atoms with Crippen molar-refractivity contribution in [2.45, 2.75) is 64.5 Å². The standard InChI is InChI=1S/C15H26N2O2/c1-11(2)17-7-5-4-6-13(17)8-15-16-9-14(19-15)12(3)10-18/h9,11-13,18H,4-8,10H2,1-3H3. The van der Waals surface area contributed by atoms with Crippen molar-refractivity contribution in [3.05, 3.63) is 17.8 Å². The predicted molar refractivity (Wildman–Crippen MR) is 75.2 cm³/mol. The van der Waals surface area contributed by atoms with E-state index in [0.717, 1.165) is 18.1 Å². The third kappa shape index (κ3) is 3.57. The first-order valence-electron chi connectivity index (χ1n) is 7.43. The molecule has 1 aromatic heterocycles. The minimum absolute atomic E-state index is 0.0359. The molecule has 4 nitrogen and oxygen atoms in total. The number of hydrogen-bond acceptors (Lipinski definition) is 4. The molecule has 1 aromatic rings. The SMILES string of the molecule is CC(CO)c1cnc(CC2CCCCN2C(C)C)o1. The van der Waals surface area contributed by atoms with E-state index in [1.165, 1.54) is 25.8 Å². The maximum Gasteiger partial charge on any atom is 0.195 e. The molecule has 0 aliphatic carbocycles. The zero-order valence-corrected chi connectivity index (χ0v) is 12.3. The van der Waals surface area contributed by atoms with Gasteiger partial charge in [-0.1, -0.05) is 13.3 Å². The molecule has 1 N–H and O–H groups in total. The van der Waals surface area contributed by atoms with Gasteiger partial charge in [-0.25, -0.2) is 4.98 Å². The summed E-state index contributed by atoms with van der Waals surface area (Å²) in [5, 5.41) is 9.14. The molecule has 2 unspecified atom stereocenters. The number of oxazole rings is 1. The van der Waals surface area contributed by atoms with Crippen LogP contribution in [0.4, 0.5) is 0 Å². The summed E-state index contributed by atoms with van der Waals surface area (Å²) in [5.41, 5.74) is 0. The van der Waals surface area contributed by atoms with E-state index in [-0.39, 0.29) is 12.5 Å². The number of rotatable bonds is 5. The molecule has 1 aliphatic heterocycles. The molecular weight excluding hydrogens is 240 g/mol. The number of aromatic nitrogens is 1. The largest absolute Gasteiger partial charge is 0.445 e. The maximum absolute atomic E-state index is 9.14. The second kappa shape index (κ2) is 6.53. The Labute approximate surface area is 115 Å². The lowest BCUT2D eigenvalue weighted by Gasteiger charge is -2.38. The summed E-state index contributed by atoms with van der Waals surface area (Å²) < 4.78 is 5.77. The highest BCUT2D eigenvalue weighted by molar-refractivity contribution is 5.02. The molecule has 0 saturated carbocycles. The zero-order valence-electron chi connectivity index (χ0n) is 12.3. The summed E-state index contributed by atoms with van der Waals surface area (Å²) in [6, 6.07) is 1.13. The van der Waals surface area contributed by atoms with Gasteiger partial charge in [-0.2, -0.15) is 0 Å². The lowest BCUT2D eigenvalue weighted by atomic mass is 9.98. The van der Waals surface area contributed by atoms with Crippen LogP contribution in [-0.2, 0) is 6.42 Å². The Morgan fingerprint density at radius 1 is 1.42 bits per heavy atom. The minimum atomic E-state index is 0.0359. The molecule has 1 fully saturated rings. The molecule has 2 rings (SSSR count). The summed E-state index contributed by atoms with van der Waals surface area (Å²) in [5.74, 6) is 1.64. The minimum Gasteiger partial charge on any atom is -0.445 e. The number of aliphatic hydroxyl groups is 1. The Morgan fingerprint density at radius 2 is 2.21 bits per heavy atom. The molecule has 0 radical (unpaired) electrons. The van der Waals surface area contributed by atoms with Gasteiger partial charge >= 0.3 is 0 Å². The lowest BCUT2D eigenvalue weighted by Crippen LogP contribution is -2.45. The molecule has 2 atom stereocenters. The Kier molecular flexibility index (Phi) is 4.99. The molecule has 0 spiro atoms. The fourth-order valence-electron chi connectivity index (χ4n) is 2.86. The molecule has 0 aromatic carbocycles. The van der Waals surface area contributed by atoms with Crippen molar-refractivity contribution >= 4 is 0 Å². The molecule has 2 heterocycles. The lowest BCUT2D eigenvalue weighted by molar-refractivity contribution is 0.106. The van der Waals surface area contributed by atoms with Gasteiger partial charge in [0.2, 0.25) is 0 Å². The van der Waals surface area contributed by atoms with Crippen LogP contribution >= 0.6 is 0 Å². The average Bonchev–Trinajstić information content (AvgIpc) is 2.86. The van der Waals surface area contributed by atoms with Crippen LogP contribution in [0, 0.1) is 0 Å². The molecule has 108 valence electrons. The van der Waals surface area contributed by atoms with Gasteiger partial charge in [0.1, 0.15) is 5.76 Å². The number of aliphatic hydroxyl groups excluding tert-OH is 1. The van der Waals surface area contributed by atoms with Crippen molar-refractivity contribution in [1.82, 2.24) is 9.88 Å². The van der Waals surface area contributed by atoms with Crippen LogP contribution in [0.1, 0.15) is 57.6 Å². The van der Waals surface area contributed by atoms with Gasteiger partial charge in [0.05, 0.1) is 12.8 Å². The van der Waals surface area contributed by atoms with E-state index in [4.69, 9.17) is 9.52 Å². The highest BCUT2D eigenvalue weighted by Crippen LogP contribution is 2.24. The summed E-state index contributed by atoms with van der Waals surface area (Å²) in [7, 11) is 0. The Balaban J connectivity index is 2.00. The summed E-state index contributed by atoms with van der Waals surface area (Å²) >= 11 is 0. The van der Waals surface area contributed by atoms with Crippen molar-refractivity contribution in [3.8, 4) is 0 Å². The fraction of sp³-hybridized carbons (Fsp3) is 0.800. The quantitative estimate of drug-likeness (QED) is 0.890. The second-order valence-electron chi connectivity index (χ2n) is 5.93. The summed E-state index contributed by atoms with van der Waals surface area (Å²) in [6.45, 7) is 7.75. The van der Waals surface area contributed by atoms with Gasteiger partial charge in [-0.3, -0.25) is 4.90 Å². The van der Waals surface area contributed by atoms with Crippen LogP contribution in [0.2, 0.25) is 0 Å². The average molecular weight is 266 g/mol. The highest BCUT2D eigenvalue weighted by Gasteiger charge is 2.26. The van der Waals surface area contributed by atoms with Crippen molar-refractivity contribution in [2.75, 3.05) is 13.2 Å². The van der Waals surface area contributed by atoms with Crippen LogP contribution in [0.3, 0.4) is 0 Å². The number of piperidine rings is 1. The first kappa shape index (κ1) is 14.5. The third-order valence-electron chi connectivity index (χ3n) is 4.08. The van der Waals surface area contributed by atoms with Crippen LogP contribution in [-0.4, -0.2) is 40.2 Å². The van der Waals surface area contributed by atoms with Crippen molar-refractivity contribution in [1.29, 1.82) is 0 Å². The van der Waals surface area contributed by atoms with Gasteiger partial charge in [0, 0.05) is 24.4 Å². The van der Waals surface area contributed by atoms with E-state index in [1.807, 2.05) is 6.92 Å². The van der Waals surface area contributed by atoms with E-state index in [1.54, 1.807) is 6.20 Å². The first-order valence-corrected chi connectivity index (χ1v) is 7.43. The van der Waals surface area contributed by atoms with E-state index in [9.17, 15) is 0 Å². The molecule has 0 amide bonds. The smallest absolute Gasteiger partial charge is 0.195 e. The molecule has 19 heavy (non-hydrogen) atoms. The summed E-state index contributed by atoms with van der Waals surface area (Å²) in [4.78, 5) is 6.93. The van der Waals surface area contributed by atoms with Crippen LogP contribution in [0.5, 0.6) is 0 Å². The Bertz CT molecular complexity index is 389. The Morgan fingerprint density at radius 3 is 2.89 bits per heavy atom. The van der Waals surface area contributed by atoms with Gasteiger partial charge in [0.15, 0.2) is 5.89 Å². The van der Waals surface area contributed by atoms with E-state index in [2.05, 4.69) is 23.7 Å². The highest BCUT2D eigenvalue weighted by atomic mass is 16.4. The second-order valence-corrected chi connectivity index (χ2v) is 5.93. The Hall–Kier alpha value is -0.870. The summed E-state index contributed by atoms with van der Waals surface area (Å²) in [6.07, 6.45) is 6.47. The van der Waals surface area contributed by atoms with Crippen LogP contribution < -0.4 is 0 Å². The van der Waals surface area contributed by atoms with Crippen LogP contribution in [0.15, 0.2) is 10.6 Å². The third-order valence-corrected chi connectivity index (χ3v) is 4.08. The number of nitrogens with zero attached hydrogens (tertiary/aromatic N) is 2. The van der Waals surface area contributed by atoms with Gasteiger partial charge in [-0.05, 0) is 33.2 Å². The zero-order chi connectivity index (χ0) is 13.8. The van der Waals surface area contributed by atoms with Gasteiger partial charge in [0.25, 0.3) is 0 Å². The van der Waals surface area contributed by atoms with Gasteiger partial charge < -0.3 is 9.52 Å². The molecular formula is C15H26N2O2.